The molecule has 5 heteroatoms. The van der Waals surface area contributed by atoms with E-state index in [-0.39, 0.29) is 5.82 Å². The summed E-state index contributed by atoms with van der Waals surface area (Å²) in [6.07, 6.45) is 5.29. The Labute approximate surface area is 158 Å². The highest BCUT2D eigenvalue weighted by atomic mass is 19.1. The number of ether oxygens (including phenoxy) is 1. The molecule has 0 aliphatic carbocycles. The second-order valence-corrected chi connectivity index (χ2v) is 6.12. The summed E-state index contributed by atoms with van der Waals surface area (Å²) in [6, 6.07) is 10.2. The number of nitriles is 1. The van der Waals surface area contributed by atoms with E-state index in [1.54, 1.807) is 24.4 Å². The molecule has 0 saturated carbocycles. The summed E-state index contributed by atoms with van der Waals surface area (Å²) < 4.78 is 18.7. The minimum Gasteiger partial charge on any atom is -0.492 e. The first kappa shape index (κ1) is 18.5. The van der Waals surface area contributed by atoms with Gasteiger partial charge >= 0.3 is 0 Å². The van der Waals surface area contributed by atoms with Gasteiger partial charge < -0.3 is 9.64 Å². The molecule has 1 fully saturated rings. The van der Waals surface area contributed by atoms with E-state index in [2.05, 4.69) is 27.8 Å². The number of halogens is 1. The van der Waals surface area contributed by atoms with Crippen LogP contribution < -0.4 is 9.64 Å². The van der Waals surface area contributed by atoms with Gasteiger partial charge in [0, 0.05) is 30.9 Å². The van der Waals surface area contributed by atoms with Gasteiger partial charge in [-0.2, -0.15) is 5.26 Å². The maximum atomic E-state index is 13.2. The van der Waals surface area contributed by atoms with E-state index in [1.165, 1.54) is 17.7 Å². The van der Waals surface area contributed by atoms with Gasteiger partial charge in [-0.25, -0.2) is 9.37 Å². The van der Waals surface area contributed by atoms with Crippen molar-refractivity contribution in [2.24, 2.45) is 0 Å². The summed E-state index contributed by atoms with van der Waals surface area (Å²) in [4.78, 5) is 6.50. The fourth-order valence-corrected chi connectivity index (χ4v) is 2.99. The van der Waals surface area contributed by atoms with E-state index in [9.17, 15) is 9.65 Å². The van der Waals surface area contributed by atoms with Gasteiger partial charge in [0.15, 0.2) is 0 Å². The number of anilines is 1. The van der Waals surface area contributed by atoms with Crippen LogP contribution in [0.4, 0.5) is 10.2 Å². The Hall–Kier alpha value is -3.31. The Morgan fingerprint density at radius 2 is 2.11 bits per heavy atom. The Balaban J connectivity index is 1.68. The Bertz CT molecular complexity index is 940. The zero-order valence-electron chi connectivity index (χ0n) is 15.2. The van der Waals surface area contributed by atoms with Crippen molar-refractivity contribution in [2.75, 3.05) is 24.6 Å². The fraction of sp³-hybridized carbons (Fsp3) is 0.273. The molecule has 4 nitrogen and oxygen atoms in total. The number of aromatic nitrogens is 1. The monoisotopic (exact) mass is 361 g/mol. The van der Waals surface area contributed by atoms with Crippen LogP contribution in [0.15, 0.2) is 48.2 Å². The van der Waals surface area contributed by atoms with Gasteiger partial charge in [0.1, 0.15) is 29.0 Å². The first-order valence-electron chi connectivity index (χ1n) is 8.93. The predicted octanol–water partition coefficient (Wildman–Crippen LogP) is 4.07. The number of hydrogen-bond donors (Lipinski definition) is 0. The standard InChI is InChI=1S/C22H20FN3O/c1-2-27-21-9-12-25-22(20(21)16-24)26-13-10-17(11-14-26)5-3-6-18-7-4-8-19(23)15-18/h4-5,7-9,12,15H,2,10-11,13-14H2,1H3. The lowest BCUT2D eigenvalue weighted by molar-refractivity contribution is 0.339. The number of rotatable bonds is 3. The average Bonchev–Trinajstić information content (AvgIpc) is 2.69. The van der Waals surface area contributed by atoms with E-state index in [0.29, 0.717) is 29.3 Å². The average molecular weight is 361 g/mol. The molecule has 27 heavy (non-hydrogen) atoms. The molecule has 3 rings (SSSR count). The van der Waals surface area contributed by atoms with Crippen LogP contribution in [0.1, 0.15) is 30.9 Å². The van der Waals surface area contributed by atoms with Gasteiger partial charge in [0.05, 0.1) is 6.61 Å². The molecule has 1 aliphatic rings. The van der Waals surface area contributed by atoms with Gasteiger partial charge in [-0.15, -0.1) is 0 Å². The van der Waals surface area contributed by atoms with Crippen LogP contribution in [0.2, 0.25) is 0 Å². The van der Waals surface area contributed by atoms with Crippen LogP contribution >= 0.6 is 0 Å². The molecule has 0 radical (unpaired) electrons. The molecule has 2 aromatic rings. The number of allylic oxidation sites excluding steroid dienone is 1. The second kappa shape index (κ2) is 8.87. The summed E-state index contributed by atoms with van der Waals surface area (Å²) in [5.41, 5.74) is 2.40. The third kappa shape index (κ3) is 4.65. The van der Waals surface area contributed by atoms with Crippen molar-refractivity contribution in [3.8, 4) is 23.7 Å². The largest absolute Gasteiger partial charge is 0.492 e. The van der Waals surface area contributed by atoms with Gasteiger partial charge in [0.2, 0.25) is 0 Å². The molecule has 136 valence electrons. The normalized spacial score (nSPS) is 13.4. The molecule has 0 unspecified atom stereocenters. The summed E-state index contributed by atoms with van der Waals surface area (Å²) in [7, 11) is 0. The highest BCUT2D eigenvalue weighted by molar-refractivity contribution is 5.61. The van der Waals surface area contributed by atoms with Crippen LogP contribution in [0.25, 0.3) is 0 Å². The van der Waals surface area contributed by atoms with E-state index in [0.717, 1.165) is 25.9 Å². The minimum atomic E-state index is -0.280. The maximum absolute atomic E-state index is 13.2. The van der Waals surface area contributed by atoms with Gasteiger partial charge in [-0.3, -0.25) is 0 Å². The zero-order chi connectivity index (χ0) is 19.1. The predicted molar refractivity (Wildman–Crippen MR) is 103 cm³/mol. The third-order valence-corrected chi connectivity index (χ3v) is 4.33. The molecular formula is C22H20FN3O. The van der Waals surface area contributed by atoms with Crippen molar-refractivity contribution >= 4 is 5.82 Å². The maximum Gasteiger partial charge on any atom is 0.150 e. The topological polar surface area (TPSA) is 49.1 Å². The minimum absolute atomic E-state index is 0.280. The van der Waals surface area contributed by atoms with Crippen LogP contribution in [0.5, 0.6) is 5.75 Å². The highest BCUT2D eigenvalue weighted by Gasteiger charge is 2.20. The molecule has 1 aliphatic heterocycles. The summed E-state index contributed by atoms with van der Waals surface area (Å²) in [6.45, 7) is 3.94. The van der Waals surface area contributed by atoms with E-state index >= 15 is 0 Å². The van der Waals surface area contributed by atoms with Crippen molar-refractivity contribution in [3.63, 3.8) is 0 Å². The lowest BCUT2D eigenvalue weighted by Crippen LogP contribution is -2.32. The van der Waals surface area contributed by atoms with E-state index < -0.39 is 0 Å². The number of piperidine rings is 1. The van der Waals surface area contributed by atoms with Crippen molar-refractivity contribution in [1.82, 2.24) is 4.98 Å². The van der Waals surface area contributed by atoms with Crippen LogP contribution in [-0.4, -0.2) is 24.7 Å². The lowest BCUT2D eigenvalue weighted by Gasteiger charge is -2.30. The molecular weight excluding hydrogens is 341 g/mol. The van der Waals surface area contributed by atoms with Crippen molar-refractivity contribution in [2.45, 2.75) is 19.8 Å². The number of hydrogen-bond acceptors (Lipinski definition) is 4. The molecule has 0 N–H and O–H groups in total. The second-order valence-electron chi connectivity index (χ2n) is 6.12. The molecule has 0 amide bonds. The van der Waals surface area contributed by atoms with Crippen molar-refractivity contribution < 1.29 is 9.13 Å². The highest BCUT2D eigenvalue weighted by Crippen LogP contribution is 2.29. The third-order valence-electron chi connectivity index (χ3n) is 4.33. The lowest BCUT2D eigenvalue weighted by atomic mass is 10.0. The molecule has 1 aromatic carbocycles. The number of pyridine rings is 1. The quantitative estimate of drug-likeness (QED) is 0.774. The van der Waals surface area contributed by atoms with Crippen molar-refractivity contribution in [1.29, 1.82) is 5.26 Å². The first-order valence-corrected chi connectivity index (χ1v) is 8.93. The van der Waals surface area contributed by atoms with Crippen LogP contribution in [0, 0.1) is 29.0 Å². The van der Waals surface area contributed by atoms with E-state index in [1.807, 2.05) is 13.0 Å². The summed E-state index contributed by atoms with van der Waals surface area (Å²) >= 11 is 0. The SMILES string of the molecule is CCOc1ccnc(N2CCC(=CC#Cc3cccc(F)c3)CC2)c1C#N. The van der Waals surface area contributed by atoms with Crippen molar-refractivity contribution in [3.05, 3.63) is 65.1 Å². The summed E-state index contributed by atoms with van der Waals surface area (Å²) in [5.74, 6) is 6.95. The smallest absolute Gasteiger partial charge is 0.150 e. The zero-order valence-corrected chi connectivity index (χ0v) is 15.2. The van der Waals surface area contributed by atoms with Gasteiger partial charge in [-0.1, -0.05) is 23.5 Å². The molecule has 0 bridgehead atoms. The van der Waals surface area contributed by atoms with Crippen LogP contribution in [0.3, 0.4) is 0 Å². The molecule has 1 aromatic heterocycles. The summed E-state index contributed by atoms with van der Waals surface area (Å²) in [5, 5.41) is 9.50. The number of nitrogens with zero attached hydrogens (tertiary/aromatic N) is 3. The molecule has 2 heterocycles. The molecule has 1 saturated heterocycles. The number of benzene rings is 1. The van der Waals surface area contributed by atoms with E-state index in [4.69, 9.17) is 4.74 Å². The van der Waals surface area contributed by atoms with Gasteiger partial charge in [0.25, 0.3) is 0 Å². The van der Waals surface area contributed by atoms with Crippen LogP contribution in [-0.2, 0) is 0 Å². The fourth-order valence-electron chi connectivity index (χ4n) is 2.99. The Kier molecular flexibility index (Phi) is 6.07. The first-order chi connectivity index (χ1) is 13.2. The molecule has 0 spiro atoms. The molecule has 0 atom stereocenters. The Morgan fingerprint density at radius 3 is 2.81 bits per heavy atom. The Morgan fingerprint density at radius 1 is 1.30 bits per heavy atom. The van der Waals surface area contributed by atoms with Gasteiger partial charge in [-0.05, 0) is 44.0 Å².